The first-order chi connectivity index (χ1) is 10.1. The molecular formula is C18H30O3. The van der Waals surface area contributed by atoms with Gasteiger partial charge in [-0.1, -0.05) is 51.7 Å². The van der Waals surface area contributed by atoms with Crippen molar-refractivity contribution in [2.45, 2.75) is 83.8 Å². The van der Waals surface area contributed by atoms with Crippen molar-refractivity contribution in [1.29, 1.82) is 0 Å². The van der Waals surface area contributed by atoms with E-state index in [4.69, 9.17) is 9.78 Å². The number of allylic oxidation sites excluding steroid dienone is 1. The van der Waals surface area contributed by atoms with Gasteiger partial charge < -0.3 is 0 Å². The first-order valence-corrected chi connectivity index (χ1v) is 8.61. The van der Waals surface area contributed by atoms with Crippen LogP contribution in [0.1, 0.15) is 72.1 Å². The Morgan fingerprint density at radius 1 is 1.29 bits per heavy atom. The zero-order chi connectivity index (χ0) is 15.3. The predicted molar refractivity (Wildman–Crippen MR) is 83.8 cm³/mol. The number of hydrogen-bond acceptors (Lipinski definition) is 3. The topological polar surface area (TPSA) is 35.5 Å². The van der Waals surface area contributed by atoms with Crippen LogP contribution in [0.3, 0.4) is 0 Å². The highest BCUT2D eigenvalue weighted by Gasteiger charge is 2.48. The highest BCUT2D eigenvalue weighted by atomic mass is 17.2. The van der Waals surface area contributed by atoms with Crippen molar-refractivity contribution in [2.75, 3.05) is 0 Å². The number of carbonyl (C=O) groups excluding carboxylic acids is 1. The van der Waals surface area contributed by atoms with Gasteiger partial charge in [0.1, 0.15) is 17.5 Å². The summed E-state index contributed by atoms with van der Waals surface area (Å²) < 4.78 is 0. The van der Waals surface area contributed by atoms with Crippen LogP contribution < -0.4 is 0 Å². The molecule has 3 nitrogen and oxygen atoms in total. The zero-order valence-electron chi connectivity index (χ0n) is 13.8. The number of Topliss-reactive ketones (excluding diaryl/α,β-unsaturated/α-hetero) is 1. The molecule has 4 atom stereocenters. The molecule has 0 aromatic heterocycles. The summed E-state index contributed by atoms with van der Waals surface area (Å²) in [7, 11) is 0. The number of fused-ring (bicyclic) bond motifs is 2. The molecule has 0 amide bonds. The summed E-state index contributed by atoms with van der Waals surface area (Å²) in [5.41, 5.74) is -0.435. The van der Waals surface area contributed by atoms with Gasteiger partial charge in [0.25, 0.3) is 0 Å². The van der Waals surface area contributed by atoms with Crippen LogP contribution in [0, 0.1) is 11.8 Å². The summed E-state index contributed by atoms with van der Waals surface area (Å²) >= 11 is 0. The third-order valence-corrected chi connectivity index (χ3v) is 5.11. The lowest BCUT2D eigenvalue weighted by molar-refractivity contribution is -0.415. The molecule has 2 bridgehead atoms. The van der Waals surface area contributed by atoms with Crippen LogP contribution >= 0.6 is 0 Å². The summed E-state index contributed by atoms with van der Waals surface area (Å²) in [6.07, 6.45) is 13.4. The number of hydrogen-bond donors (Lipinski definition) is 0. The summed E-state index contributed by atoms with van der Waals surface area (Å²) in [6, 6.07) is 0. The maximum atomic E-state index is 12.0. The van der Waals surface area contributed by atoms with Gasteiger partial charge in [-0.2, -0.15) is 0 Å². The van der Waals surface area contributed by atoms with Gasteiger partial charge in [-0.25, -0.2) is 9.78 Å². The molecule has 21 heavy (non-hydrogen) atoms. The summed E-state index contributed by atoms with van der Waals surface area (Å²) in [6.45, 7) is 6.23. The lowest BCUT2D eigenvalue weighted by Gasteiger charge is -2.45. The highest BCUT2D eigenvalue weighted by molar-refractivity contribution is 5.82. The normalized spacial score (nSPS) is 36.3. The van der Waals surface area contributed by atoms with Gasteiger partial charge in [0.05, 0.1) is 0 Å². The zero-order valence-corrected chi connectivity index (χ0v) is 13.8. The Morgan fingerprint density at radius 3 is 2.81 bits per heavy atom. The molecule has 3 heteroatoms. The van der Waals surface area contributed by atoms with Crippen LogP contribution in [0.4, 0.5) is 0 Å². The minimum Gasteiger partial charge on any atom is -0.299 e. The standard InChI is InChI=1S/C18H30O3/c1-4-5-6-7-8-9-10-11-18(3)15-12-16(19)14(2)17(13-15)20-21-18/h10-11,14-15,17H,4-9,12-13H2,1-3H3/t14-,15+,17+,18+/m0/s1. The van der Waals surface area contributed by atoms with Crippen molar-refractivity contribution in [3.63, 3.8) is 0 Å². The van der Waals surface area contributed by atoms with Crippen LogP contribution in [-0.4, -0.2) is 17.5 Å². The Kier molecular flexibility index (Phi) is 6.00. The highest BCUT2D eigenvalue weighted by Crippen LogP contribution is 2.42. The third kappa shape index (κ3) is 4.17. The lowest BCUT2D eigenvalue weighted by atomic mass is 9.71. The molecule has 0 radical (unpaired) electrons. The summed E-state index contributed by atoms with van der Waals surface area (Å²) in [5, 5.41) is 0. The van der Waals surface area contributed by atoms with Crippen LogP contribution in [0.25, 0.3) is 0 Å². The van der Waals surface area contributed by atoms with E-state index in [1.807, 2.05) is 13.8 Å². The van der Waals surface area contributed by atoms with Crippen molar-refractivity contribution in [2.24, 2.45) is 11.8 Å². The minimum atomic E-state index is -0.435. The van der Waals surface area contributed by atoms with Gasteiger partial charge in [0.2, 0.25) is 0 Å². The van der Waals surface area contributed by atoms with Crippen LogP contribution in [0.15, 0.2) is 12.2 Å². The molecule has 1 heterocycles. The summed E-state index contributed by atoms with van der Waals surface area (Å²) in [5.74, 6) is 0.559. The second-order valence-electron chi connectivity index (χ2n) is 6.90. The molecule has 2 rings (SSSR count). The van der Waals surface area contributed by atoms with Crippen LogP contribution in [0.5, 0.6) is 0 Å². The van der Waals surface area contributed by atoms with Crippen LogP contribution in [0.2, 0.25) is 0 Å². The van der Waals surface area contributed by atoms with E-state index in [1.165, 1.54) is 32.1 Å². The predicted octanol–water partition coefficient (Wildman–Crippen LogP) is 4.61. The molecule has 120 valence electrons. The Labute approximate surface area is 129 Å². The molecule has 1 saturated carbocycles. The molecule has 1 saturated heterocycles. The fourth-order valence-electron chi connectivity index (χ4n) is 3.34. The Morgan fingerprint density at radius 2 is 2.05 bits per heavy atom. The SMILES string of the molecule is CCCCCCCC=C[C@@]1(C)OO[C@@H]2C[C@H]1CC(=O)[C@@H]2C. The number of carbonyl (C=O) groups is 1. The monoisotopic (exact) mass is 294 g/mol. The average Bonchev–Trinajstić information content (AvgIpc) is 2.47. The van der Waals surface area contributed by atoms with E-state index in [0.29, 0.717) is 12.2 Å². The van der Waals surface area contributed by atoms with E-state index in [9.17, 15) is 4.79 Å². The minimum absolute atomic E-state index is 0.0201. The first-order valence-electron chi connectivity index (χ1n) is 8.61. The molecule has 2 fully saturated rings. The summed E-state index contributed by atoms with van der Waals surface area (Å²) in [4.78, 5) is 23.2. The molecular weight excluding hydrogens is 264 g/mol. The first kappa shape index (κ1) is 16.7. The van der Waals surface area contributed by atoms with E-state index in [0.717, 1.165) is 12.8 Å². The average molecular weight is 294 g/mol. The molecule has 1 aliphatic heterocycles. The van der Waals surface area contributed by atoms with Gasteiger partial charge in [0.15, 0.2) is 0 Å². The third-order valence-electron chi connectivity index (χ3n) is 5.11. The molecule has 0 N–H and O–H groups in total. The molecule has 0 aromatic carbocycles. The number of rotatable bonds is 7. The molecule has 1 aliphatic carbocycles. The van der Waals surface area contributed by atoms with Gasteiger partial charge in [-0.3, -0.25) is 4.79 Å². The van der Waals surface area contributed by atoms with Gasteiger partial charge in [-0.15, -0.1) is 0 Å². The quantitative estimate of drug-likeness (QED) is 0.391. The van der Waals surface area contributed by atoms with E-state index in [1.54, 1.807) is 0 Å². The maximum absolute atomic E-state index is 12.0. The fourth-order valence-corrected chi connectivity index (χ4v) is 3.34. The smallest absolute Gasteiger partial charge is 0.138 e. The van der Waals surface area contributed by atoms with Gasteiger partial charge in [-0.05, 0) is 26.2 Å². The van der Waals surface area contributed by atoms with Crippen molar-refractivity contribution in [3.05, 3.63) is 12.2 Å². The fraction of sp³-hybridized carbons (Fsp3) is 0.833. The molecule has 2 aliphatic rings. The van der Waals surface area contributed by atoms with E-state index in [-0.39, 0.29) is 17.9 Å². The molecule has 0 unspecified atom stereocenters. The van der Waals surface area contributed by atoms with Gasteiger partial charge in [0, 0.05) is 18.3 Å². The molecule has 0 spiro atoms. The van der Waals surface area contributed by atoms with Gasteiger partial charge >= 0.3 is 0 Å². The van der Waals surface area contributed by atoms with Crippen molar-refractivity contribution in [3.8, 4) is 0 Å². The van der Waals surface area contributed by atoms with Crippen molar-refractivity contribution in [1.82, 2.24) is 0 Å². The second kappa shape index (κ2) is 7.55. The van der Waals surface area contributed by atoms with E-state index < -0.39 is 5.60 Å². The van der Waals surface area contributed by atoms with Crippen molar-refractivity contribution < 1.29 is 14.6 Å². The Balaban J connectivity index is 1.80. The number of ketones is 1. The van der Waals surface area contributed by atoms with E-state index in [2.05, 4.69) is 19.1 Å². The number of unbranched alkanes of at least 4 members (excludes halogenated alkanes) is 5. The van der Waals surface area contributed by atoms with E-state index >= 15 is 0 Å². The second-order valence-corrected chi connectivity index (χ2v) is 6.90. The molecule has 0 aromatic rings. The lowest BCUT2D eigenvalue weighted by Crippen LogP contribution is -2.52. The Hall–Kier alpha value is -0.670. The van der Waals surface area contributed by atoms with Crippen LogP contribution in [-0.2, 0) is 14.6 Å². The largest absolute Gasteiger partial charge is 0.299 e. The van der Waals surface area contributed by atoms with Crippen molar-refractivity contribution >= 4 is 5.78 Å². The Bertz CT molecular complexity index is 377. The maximum Gasteiger partial charge on any atom is 0.138 e.